The molecule has 0 aliphatic carbocycles. The molecule has 0 bridgehead atoms. The van der Waals surface area contributed by atoms with Gasteiger partial charge in [0.2, 0.25) is 0 Å². The van der Waals surface area contributed by atoms with Crippen LogP contribution in [0.4, 0.5) is 0 Å². The number of phenols is 1. The standard InChI is InChI=1S/C18H18ClNO2/c1-12-4-3-5-13(8-12)6-7-20-16-9-14(22-2)10-17(21)15(16)11-18(20)19/h3-5,8-11,21H,6-7H2,1-2H3. The molecule has 3 rings (SSSR count). The fourth-order valence-electron chi connectivity index (χ4n) is 2.73. The van der Waals surface area contributed by atoms with Crippen molar-refractivity contribution in [3.63, 3.8) is 0 Å². The molecule has 0 atom stereocenters. The SMILES string of the molecule is COc1cc(O)c2cc(Cl)n(CCc3cccc(C)c3)c2c1. The molecule has 114 valence electrons. The van der Waals surface area contributed by atoms with E-state index in [1.54, 1.807) is 19.2 Å². The van der Waals surface area contributed by atoms with Crippen LogP contribution in [-0.4, -0.2) is 16.8 Å². The number of hydrogen-bond acceptors (Lipinski definition) is 2. The van der Waals surface area contributed by atoms with Crippen LogP contribution in [0.5, 0.6) is 11.5 Å². The molecule has 0 aliphatic heterocycles. The summed E-state index contributed by atoms with van der Waals surface area (Å²) in [6.45, 7) is 2.84. The lowest BCUT2D eigenvalue weighted by Crippen LogP contribution is -2.01. The number of rotatable bonds is 4. The van der Waals surface area contributed by atoms with E-state index in [-0.39, 0.29) is 5.75 Å². The van der Waals surface area contributed by atoms with E-state index in [1.807, 2.05) is 10.6 Å². The molecule has 1 N–H and O–H groups in total. The Bertz CT molecular complexity index is 823. The number of aryl methyl sites for hydroxylation is 3. The molecule has 22 heavy (non-hydrogen) atoms. The zero-order chi connectivity index (χ0) is 15.7. The fourth-order valence-corrected chi connectivity index (χ4v) is 3.02. The Kier molecular flexibility index (Phi) is 3.99. The Labute approximate surface area is 134 Å². The van der Waals surface area contributed by atoms with Crippen molar-refractivity contribution >= 4 is 22.5 Å². The van der Waals surface area contributed by atoms with Crippen molar-refractivity contribution in [3.05, 3.63) is 58.7 Å². The van der Waals surface area contributed by atoms with Crippen LogP contribution < -0.4 is 4.74 Å². The van der Waals surface area contributed by atoms with Crippen molar-refractivity contribution in [2.24, 2.45) is 0 Å². The van der Waals surface area contributed by atoms with E-state index < -0.39 is 0 Å². The Morgan fingerprint density at radius 2 is 2.00 bits per heavy atom. The molecule has 0 amide bonds. The number of nitrogens with zero attached hydrogens (tertiary/aromatic N) is 1. The van der Waals surface area contributed by atoms with Gasteiger partial charge in [0.25, 0.3) is 0 Å². The zero-order valence-corrected chi connectivity index (χ0v) is 13.4. The van der Waals surface area contributed by atoms with E-state index in [2.05, 4.69) is 31.2 Å². The van der Waals surface area contributed by atoms with Crippen LogP contribution in [0.2, 0.25) is 5.15 Å². The molecule has 3 aromatic rings. The summed E-state index contributed by atoms with van der Waals surface area (Å²) in [5.74, 6) is 0.808. The zero-order valence-electron chi connectivity index (χ0n) is 12.6. The normalized spacial score (nSPS) is 11.0. The Morgan fingerprint density at radius 1 is 1.18 bits per heavy atom. The summed E-state index contributed by atoms with van der Waals surface area (Å²) in [6.07, 6.45) is 0.878. The Balaban J connectivity index is 1.96. The number of fused-ring (bicyclic) bond motifs is 1. The molecule has 0 spiro atoms. The second-order valence-electron chi connectivity index (χ2n) is 5.44. The number of phenolic OH excluding ortho intramolecular Hbond substituents is 1. The minimum absolute atomic E-state index is 0.186. The summed E-state index contributed by atoms with van der Waals surface area (Å²) >= 11 is 6.34. The summed E-state index contributed by atoms with van der Waals surface area (Å²) in [6, 6.07) is 13.7. The third kappa shape index (κ3) is 2.77. The number of hydrogen-bond donors (Lipinski definition) is 1. The molecule has 0 saturated heterocycles. The quantitative estimate of drug-likeness (QED) is 0.766. The van der Waals surface area contributed by atoms with Gasteiger partial charge in [0.15, 0.2) is 0 Å². The van der Waals surface area contributed by atoms with Gasteiger partial charge < -0.3 is 14.4 Å². The lowest BCUT2D eigenvalue weighted by Gasteiger charge is -2.09. The van der Waals surface area contributed by atoms with Crippen molar-refractivity contribution < 1.29 is 9.84 Å². The van der Waals surface area contributed by atoms with E-state index >= 15 is 0 Å². The lowest BCUT2D eigenvalue weighted by atomic mass is 10.1. The van der Waals surface area contributed by atoms with Gasteiger partial charge in [0, 0.05) is 24.1 Å². The predicted molar refractivity (Wildman–Crippen MR) is 90.0 cm³/mol. The largest absolute Gasteiger partial charge is 0.507 e. The van der Waals surface area contributed by atoms with Gasteiger partial charge in [0.05, 0.1) is 12.6 Å². The smallest absolute Gasteiger partial charge is 0.128 e. The van der Waals surface area contributed by atoms with Crippen LogP contribution in [0.25, 0.3) is 10.9 Å². The van der Waals surface area contributed by atoms with Crippen molar-refractivity contribution in [1.29, 1.82) is 0 Å². The highest BCUT2D eigenvalue weighted by Crippen LogP contribution is 2.34. The number of halogens is 1. The summed E-state index contributed by atoms with van der Waals surface area (Å²) in [5.41, 5.74) is 3.40. The van der Waals surface area contributed by atoms with Crippen molar-refractivity contribution in [2.75, 3.05) is 7.11 Å². The summed E-state index contributed by atoms with van der Waals surface area (Å²) in [4.78, 5) is 0. The average Bonchev–Trinajstić information content (AvgIpc) is 2.81. The van der Waals surface area contributed by atoms with E-state index in [0.29, 0.717) is 10.9 Å². The minimum Gasteiger partial charge on any atom is -0.507 e. The van der Waals surface area contributed by atoms with E-state index in [0.717, 1.165) is 23.9 Å². The molecule has 1 aromatic heterocycles. The van der Waals surface area contributed by atoms with Gasteiger partial charge in [-0.05, 0) is 25.0 Å². The lowest BCUT2D eigenvalue weighted by molar-refractivity contribution is 0.409. The fraction of sp³-hybridized carbons (Fsp3) is 0.222. The first-order chi connectivity index (χ1) is 10.6. The highest BCUT2D eigenvalue weighted by atomic mass is 35.5. The molecule has 4 heteroatoms. The highest BCUT2D eigenvalue weighted by molar-refractivity contribution is 6.31. The molecule has 0 fully saturated rings. The van der Waals surface area contributed by atoms with Gasteiger partial charge in [-0.2, -0.15) is 0 Å². The summed E-state index contributed by atoms with van der Waals surface area (Å²) in [7, 11) is 1.59. The van der Waals surface area contributed by atoms with E-state index in [9.17, 15) is 5.11 Å². The molecule has 0 aliphatic rings. The number of aromatic hydroxyl groups is 1. The number of ether oxygens (including phenoxy) is 1. The van der Waals surface area contributed by atoms with Gasteiger partial charge in [-0.25, -0.2) is 0 Å². The third-order valence-electron chi connectivity index (χ3n) is 3.86. The predicted octanol–water partition coefficient (Wildman–Crippen LogP) is 4.56. The van der Waals surface area contributed by atoms with Gasteiger partial charge in [-0.15, -0.1) is 0 Å². The summed E-state index contributed by atoms with van der Waals surface area (Å²) < 4.78 is 7.23. The molecule has 1 heterocycles. The van der Waals surface area contributed by atoms with E-state index in [1.165, 1.54) is 11.1 Å². The Hall–Kier alpha value is -2.13. The second-order valence-corrected chi connectivity index (χ2v) is 5.82. The molecule has 0 radical (unpaired) electrons. The molecule has 0 unspecified atom stereocenters. The van der Waals surface area contributed by atoms with Crippen LogP contribution in [0, 0.1) is 6.92 Å². The topological polar surface area (TPSA) is 34.4 Å². The monoisotopic (exact) mass is 315 g/mol. The van der Waals surface area contributed by atoms with Crippen LogP contribution in [0.15, 0.2) is 42.5 Å². The van der Waals surface area contributed by atoms with Crippen molar-refractivity contribution in [1.82, 2.24) is 4.57 Å². The maximum absolute atomic E-state index is 10.1. The second kappa shape index (κ2) is 5.93. The molecular weight excluding hydrogens is 298 g/mol. The van der Waals surface area contributed by atoms with Crippen LogP contribution in [-0.2, 0) is 13.0 Å². The first-order valence-electron chi connectivity index (χ1n) is 7.20. The first kappa shape index (κ1) is 14.8. The third-order valence-corrected chi connectivity index (χ3v) is 4.18. The number of methoxy groups -OCH3 is 1. The average molecular weight is 316 g/mol. The van der Waals surface area contributed by atoms with Crippen LogP contribution in [0.3, 0.4) is 0 Å². The number of benzene rings is 2. The van der Waals surface area contributed by atoms with Gasteiger partial charge in [0.1, 0.15) is 16.7 Å². The number of aromatic nitrogens is 1. The Morgan fingerprint density at radius 3 is 2.73 bits per heavy atom. The van der Waals surface area contributed by atoms with Crippen molar-refractivity contribution in [2.45, 2.75) is 19.9 Å². The molecule has 3 nitrogen and oxygen atoms in total. The molecule has 2 aromatic carbocycles. The van der Waals surface area contributed by atoms with Gasteiger partial charge in [-0.3, -0.25) is 0 Å². The van der Waals surface area contributed by atoms with Crippen LogP contribution in [0.1, 0.15) is 11.1 Å². The van der Waals surface area contributed by atoms with Gasteiger partial charge in [-0.1, -0.05) is 41.4 Å². The first-order valence-corrected chi connectivity index (χ1v) is 7.57. The summed E-state index contributed by atoms with van der Waals surface area (Å²) in [5, 5.41) is 11.5. The van der Waals surface area contributed by atoms with Gasteiger partial charge >= 0.3 is 0 Å². The van der Waals surface area contributed by atoms with Crippen LogP contribution >= 0.6 is 11.6 Å². The molecule has 0 saturated carbocycles. The minimum atomic E-state index is 0.186. The highest BCUT2D eigenvalue weighted by Gasteiger charge is 2.12. The maximum atomic E-state index is 10.1. The maximum Gasteiger partial charge on any atom is 0.128 e. The molecular formula is C18H18ClNO2. The van der Waals surface area contributed by atoms with Crippen molar-refractivity contribution in [3.8, 4) is 11.5 Å². The van der Waals surface area contributed by atoms with E-state index in [4.69, 9.17) is 16.3 Å².